The molecule has 1 aromatic heterocycles. The summed E-state index contributed by atoms with van der Waals surface area (Å²) in [4.78, 5) is 28.2. The number of carbonyl (C=O) groups is 2. The number of ketones is 1. The molecule has 0 unspecified atom stereocenters. The average Bonchev–Trinajstić information content (AvgIpc) is 3.13. The standard InChI is InChI=1S/C19H22N2O3S/c1-13-11-21(12-14(2)24-13)18(17(22)15-7-4-3-5-8-15)20-19(23)16-9-6-10-25-16/h3-10,13-14,18H,11-12H2,1-2H3,(H,20,23)/t13-,14+,18-/m1/s1. The Bertz CT molecular complexity index is 708. The lowest BCUT2D eigenvalue weighted by Gasteiger charge is -2.39. The van der Waals surface area contributed by atoms with Crippen molar-refractivity contribution < 1.29 is 14.3 Å². The number of morpholine rings is 1. The largest absolute Gasteiger partial charge is 0.373 e. The van der Waals surface area contributed by atoms with Crippen molar-refractivity contribution in [2.75, 3.05) is 13.1 Å². The Hall–Kier alpha value is -2.02. The van der Waals surface area contributed by atoms with Gasteiger partial charge < -0.3 is 10.1 Å². The molecule has 1 N–H and O–H groups in total. The third kappa shape index (κ3) is 4.34. The van der Waals surface area contributed by atoms with E-state index in [0.717, 1.165) is 0 Å². The minimum Gasteiger partial charge on any atom is -0.373 e. The van der Waals surface area contributed by atoms with Crippen LogP contribution in [0.3, 0.4) is 0 Å². The first kappa shape index (κ1) is 17.8. The highest BCUT2D eigenvalue weighted by molar-refractivity contribution is 7.12. The molecule has 132 valence electrons. The van der Waals surface area contributed by atoms with E-state index >= 15 is 0 Å². The maximum absolute atomic E-state index is 13.1. The van der Waals surface area contributed by atoms with Crippen LogP contribution in [0.15, 0.2) is 47.8 Å². The summed E-state index contributed by atoms with van der Waals surface area (Å²) in [6, 6.07) is 12.7. The highest BCUT2D eigenvalue weighted by Gasteiger charge is 2.34. The number of amides is 1. The zero-order chi connectivity index (χ0) is 17.8. The number of ether oxygens (including phenoxy) is 1. The first-order chi connectivity index (χ1) is 12.0. The minimum absolute atomic E-state index is 0.00784. The lowest BCUT2D eigenvalue weighted by Crippen LogP contribution is -2.59. The topological polar surface area (TPSA) is 58.6 Å². The molecule has 2 heterocycles. The normalized spacial score (nSPS) is 22.3. The molecule has 0 bridgehead atoms. The van der Waals surface area contributed by atoms with Gasteiger partial charge in [0.25, 0.3) is 5.91 Å². The van der Waals surface area contributed by atoms with Crippen molar-refractivity contribution >= 4 is 23.0 Å². The second-order valence-electron chi connectivity index (χ2n) is 6.29. The number of nitrogens with zero attached hydrogens (tertiary/aromatic N) is 1. The molecule has 6 heteroatoms. The van der Waals surface area contributed by atoms with Crippen LogP contribution in [-0.2, 0) is 4.74 Å². The van der Waals surface area contributed by atoms with Gasteiger partial charge in [-0.05, 0) is 25.3 Å². The summed E-state index contributed by atoms with van der Waals surface area (Å²) < 4.78 is 5.77. The van der Waals surface area contributed by atoms with Crippen LogP contribution < -0.4 is 5.32 Å². The van der Waals surface area contributed by atoms with E-state index < -0.39 is 6.17 Å². The zero-order valence-corrected chi connectivity index (χ0v) is 15.2. The van der Waals surface area contributed by atoms with Crippen molar-refractivity contribution in [1.29, 1.82) is 0 Å². The van der Waals surface area contributed by atoms with Gasteiger partial charge in [-0.3, -0.25) is 14.5 Å². The number of rotatable bonds is 5. The summed E-state index contributed by atoms with van der Waals surface area (Å²) in [5.41, 5.74) is 0.589. The molecule has 1 aromatic carbocycles. The molecule has 5 nitrogen and oxygen atoms in total. The molecular formula is C19H22N2O3S. The summed E-state index contributed by atoms with van der Waals surface area (Å²) in [7, 11) is 0. The molecule has 0 saturated carbocycles. The molecule has 1 fully saturated rings. The number of benzene rings is 1. The van der Waals surface area contributed by atoms with Gasteiger partial charge in [-0.15, -0.1) is 11.3 Å². The summed E-state index contributed by atoms with van der Waals surface area (Å²) in [5, 5.41) is 4.77. The van der Waals surface area contributed by atoms with Gasteiger partial charge in [-0.1, -0.05) is 36.4 Å². The van der Waals surface area contributed by atoms with E-state index in [-0.39, 0.29) is 23.9 Å². The van der Waals surface area contributed by atoms with E-state index in [1.807, 2.05) is 48.4 Å². The smallest absolute Gasteiger partial charge is 0.262 e. The quantitative estimate of drug-likeness (QED) is 0.835. The molecule has 0 spiro atoms. The number of hydrogen-bond acceptors (Lipinski definition) is 5. The van der Waals surface area contributed by atoms with Crippen molar-refractivity contribution in [2.24, 2.45) is 0 Å². The second kappa shape index (κ2) is 7.91. The van der Waals surface area contributed by atoms with Crippen molar-refractivity contribution in [2.45, 2.75) is 32.2 Å². The summed E-state index contributed by atoms with van der Waals surface area (Å²) in [5.74, 6) is -0.331. The number of hydrogen-bond donors (Lipinski definition) is 1. The number of carbonyl (C=O) groups excluding carboxylic acids is 2. The Morgan fingerprint density at radius 3 is 2.40 bits per heavy atom. The van der Waals surface area contributed by atoms with Crippen LogP contribution >= 0.6 is 11.3 Å². The third-order valence-electron chi connectivity index (χ3n) is 4.13. The molecule has 2 aromatic rings. The van der Waals surface area contributed by atoms with Gasteiger partial charge in [0.05, 0.1) is 17.1 Å². The lowest BCUT2D eigenvalue weighted by atomic mass is 10.1. The fraction of sp³-hybridized carbons (Fsp3) is 0.368. The molecule has 1 aliphatic rings. The Kier molecular flexibility index (Phi) is 5.63. The van der Waals surface area contributed by atoms with Crippen LogP contribution in [-0.4, -0.2) is 48.1 Å². The van der Waals surface area contributed by atoms with Crippen LogP contribution in [0.5, 0.6) is 0 Å². The maximum Gasteiger partial charge on any atom is 0.262 e. The third-order valence-corrected chi connectivity index (χ3v) is 5.00. The van der Waals surface area contributed by atoms with Gasteiger partial charge in [-0.25, -0.2) is 0 Å². The second-order valence-corrected chi connectivity index (χ2v) is 7.24. The molecule has 25 heavy (non-hydrogen) atoms. The highest BCUT2D eigenvalue weighted by Crippen LogP contribution is 2.17. The molecule has 0 aliphatic carbocycles. The van der Waals surface area contributed by atoms with Crippen LogP contribution in [0.2, 0.25) is 0 Å². The molecule has 3 rings (SSSR count). The summed E-state index contributed by atoms with van der Waals surface area (Å²) >= 11 is 1.36. The Labute approximate surface area is 151 Å². The predicted molar refractivity (Wildman–Crippen MR) is 97.9 cm³/mol. The lowest BCUT2D eigenvalue weighted by molar-refractivity contribution is -0.0785. The molecule has 1 saturated heterocycles. The van der Waals surface area contributed by atoms with Crippen LogP contribution in [0.25, 0.3) is 0 Å². The average molecular weight is 358 g/mol. The van der Waals surface area contributed by atoms with Crippen molar-refractivity contribution in [3.8, 4) is 0 Å². The van der Waals surface area contributed by atoms with E-state index in [1.165, 1.54) is 11.3 Å². The van der Waals surface area contributed by atoms with E-state index in [1.54, 1.807) is 18.2 Å². The van der Waals surface area contributed by atoms with Crippen LogP contribution in [0, 0.1) is 0 Å². The zero-order valence-electron chi connectivity index (χ0n) is 14.3. The summed E-state index contributed by atoms with van der Waals surface area (Å²) in [6.45, 7) is 5.15. The first-order valence-electron chi connectivity index (χ1n) is 8.37. The van der Waals surface area contributed by atoms with Crippen LogP contribution in [0.4, 0.5) is 0 Å². The Morgan fingerprint density at radius 1 is 1.12 bits per heavy atom. The number of thiophene rings is 1. The van der Waals surface area contributed by atoms with Gasteiger partial charge in [-0.2, -0.15) is 0 Å². The van der Waals surface area contributed by atoms with Gasteiger partial charge in [0, 0.05) is 18.7 Å². The first-order valence-corrected chi connectivity index (χ1v) is 9.25. The van der Waals surface area contributed by atoms with Crippen molar-refractivity contribution in [1.82, 2.24) is 10.2 Å². The van der Waals surface area contributed by atoms with E-state index in [9.17, 15) is 9.59 Å². The van der Waals surface area contributed by atoms with E-state index in [4.69, 9.17) is 4.74 Å². The number of nitrogens with one attached hydrogen (secondary N) is 1. The van der Waals surface area contributed by atoms with Gasteiger partial charge >= 0.3 is 0 Å². The van der Waals surface area contributed by atoms with Crippen LogP contribution in [0.1, 0.15) is 33.9 Å². The highest BCUT2D eigenvalue weighted by atomic mass is 32.1. The minimum atomic E-state index is -0.703. The molecule has 1 aliphatic heterocycles. The SMILES string of the molecule is C[C@@H]1CN([C@@H](NC(=O)c2cccs2)C(=O)c2ccccc2)C[C@H](C)O1. The maximum atomic E-state index is 13.1. The molecule has 3 atom stereocenters. The van der Waals surface area contributed by atoms with Crippen molar-refractivity contribution in [3.05, 3.63) is 58.3 Å². The van der Waals surface area contributed by atoms with Gasteiger partial charge in [0.1, 0.15) is 6.17 Å². The Balaban J connectivity index is 1.85. The fourth-order valence-corrected chi connectivity index (χ4v) is 3.74. The van der Waals surface area contributed by atoms with Gasteiger partial charge in [0.2, 0.25) is 0 Å². The monoisotopic (exact) mass is 358 g/mol. The van der Waals surface area contributed by atoms with E-state index in [0.29, 0.717) is 23.5 Å². The van der Waals surface area contributed by atoms with Gasteiger partial charge in [0.15, 0.2) is 5.78 Å². The Morgan fingerprint density at radius 2 is 1.80 bits per heavy atom. The number of Topliss-reactive ketones (excluding diaryl/α,β-unsaturated/α-hetero) is 1. The molecular weight excluding hydrogens is 336 g/mol. The van der Waals surface area contributed by atoms with E-state index in [2.05, 4.69) is 5.32 Å². The van der Waals surface area contributed by atoms with Crippen molar-refractivity contribution in [3.63, 3.8) is 0 Å². The summed E-state index contributed by atoms with van der Waals surface area (Å²) in [6.07, 6.45) is -0.687. The molecule has 1 amide bonds. The fourth-order valence-electron chi connectivity index (χ4n) is 3.11. The molecule has 0 radical (unpaired) electrons. The predicted octanol–water partition coefficient (Wildman–Crippen LogP) is 2.80.